The van der Waals surface area contributed by atoms with Crippen LogP contribution in [-0.4, -0.2) is 52.5 Å². The summed E-state index contributed by atoms with van der Waals surface area (Å²) in [6.45, 7) is 5.07. The van der Waals surface area contributed by atoms with Gasteiger partial charge in [-0.2, -0.15) is 0 Å². The lowest BCUT2D eigenvalue weighted by Gasteiger charge is -2.36. The number of nitrogens with zero attached hydrogens (tertiary/aromatic N) is 5. The smallest absolute Gasteiger partial charge is 0.253 e. The number of nitrogens with one attached hydrogen (secondary N) is 1. The van der Waals surface area contributed by atoms with Crippen LogP contribution in [-0.2, 0) is 0 Å². The molecule has 180 valence electrons. The van der Waals surface area contributed by atoms with Crippen LogP contribution in [0.2, 0.25) is 0 Å². The Kier molecular flexibility index (Phi) is 6.92. The maximum absolute atomic E-state index is 13.1. The Morgan fingerprint density at radius 2 is 2.09 bits per heavy atom. The van der Waals surface area contributed by atoms with Crippen LogP contribution in [0.4, 0.5) is 5.69 Å². The third-order valence-corrected chi connectivity index (χ3v) is 8.19. The highest BCUT2D eigenvalue weighted by atomic mass is 32.1. The number of pyridine rings is 2. The van der Waals surface area contributed by atoms with E-state index >= 15 is 0 Å². The Morgan fingerprint density at radius 1 is 1.21 bits per heavy atom. The predicted octanol–water partition coefficient (Wildman–Crippen LogP) is 3.74. The molecule has 1 saturated heterocycles. The van der Waals surface area contributed by atoms with Crippen molar-refractivity contribution in [3.05, 3.63) is 52.2 Å². The number of rotatable bonds is 8. The molecule has 1 saturated carbocycles. The van der Waals surface area contributed by atoms with Crippen LogP contribution < -0.4 is 20.5 Å². The largest absolute Gasteiger partial charge is 0.495 e. The van der Waals surface area contributed by atoms with E-state index in [1.54, 1.807) is 30.1 Å². The van der Waals surface area contributed by atoms with Crippen molar-refractivity contribution in [2.75, 3.05) is 31.6 Å². The van der Waals surface area contributed by atoms with Crippen molar-refractivity contribution in [1.29, 1.82) is 0 Å². The first-order chi connectivity index (χ1) is 16.6. The molecule has 0 aromatic carbocycles. The van der Waals surface area contributed by atoms with E-state index in [-0.39, 0.29) is 11.6 Å². The first-order valence-electron chi connectivity index (χ1n) is 12.1. The van der Waals surface area contributed by atoms with Gasteiger partial charge in [-0.15, -0.1) is 10.2 Å². The molecule has 2 aliphatic rings. The number of hydrogen-bond acceptors (Lipinski definition) is 8. The van der Waals surface area contributed by atoms with Crippen LogP contribution in [0.3, 0.4) is 0 Å². The number of hydrogen-bond donors (Lipinski definition) is 1. The molecule has 4 heterocycles. The van der Waals surface area contributed by atoms with E-state index in [9.17, 15) is 4.79 Å². The van der Waals surface area contributed by atoms with Crippen LogP contribution in [0.15, 0.2) is 41.6 Å². The summed E-state index contributed by atoms with van der Waals surface area (Å²) in [5, 5.41) is 14.0. The molecule has 1 N–H and O–H groups in total. The van der Waals surface area contributed by atoms with Crippen molar-refractivity contribution in [1.82, 2.24) is 25.1 Å². The molecule has 0 amide bonds. The van der Waals surface area contributed by atoms with Crippen molar-refractivity contribution in [2.45, 2.75) is 51.1 Å². The summed E-state index contributed by atoms with van der Waals surface area (Å²) in [5.74, 6) is 1.54. The maximum atomic E-state index is 13.1. The van der Waals surface area contributed by atoms with Crippen molar-refractivity contribution >= 4 is 17.0 Å². The zero-order valence-electron chi connectivity index (χ0n) is 19.8. The molecular weight excluding hydrogens is 448 g/mol. The van der Waals surface area contributed by atoms with Crippen LogP contribution in [0.25, 0.3) is 10.6 Å². The third-order valence-electron chi connectivity index (χ3n) is 7.05. The van der Waals surface area contributed by atoms with Crippen LogP contribution in [0, 0.1) is 5.92 Å². The fourth-order valence-electron chi connectivity index (χ4n) is 4.69. The molecule has 34 heavy (non-hydrogen) atoms. The summed E-state index contributed by atoms with van der Waals surface area (Å²) in [6, 6.07) is 6.00. The topological polar surface area (TPSA) is 85.2 Å². The zero-order valence-corrected chi connectivity index (χ0v) is 20.6. The number of anilines is 1. The van der Waals surface area contributed by atoms with Gasteiger partial charge in [-0.25, -0.2) is 0 Å². The van der Waals surface area contributed by atoms with E-state index < -0.39 is 0 Å². The van der Waals surface area contributed by atoms with Crippen molar-refractivity contribution in [2.24, 2.45) is 5.92 Å². The molecule has 2 atom stereocenters. The lowest BCUT2D eigenvalue weighted by molar-refractivity contribution is 0.280. The molecule has 3 aromatic heterocycles. The van der Waals surface area contributed by atoms with Gasteiger partial charge in [0.25, 0.3) is 5.56 Å². The van der Waals surface area contributed by atoms with Crippen LogP contribution >= 0.6 is 11.3 Å². The highest BCUT2D eigenvalue weighted by Gasteiger charge is 2.24. The van der Waals surface area contributed by atoms with Gasteiger partial charge in [0.05, 0.1) is 19.3 Å². The minimum Gasteiger partial charge on any atom is -0.495 e. The summed E-state index contributed by atoms with van der Waals surface area (Å²) in [5.41, 5.74) is 1.84. The number of methoxy groups -OCH3 is 1. The molecule has 2 fully saturated rings. The Labute approximate surface area is 204 Å². The van der Waals surface area contributed by atoms with Gasteiger partial charge in [0.1, 0.15) is 15.8 Å². The Bertz CT molecular complexity index is 1170. The van der Waals surface area contributed by atoms with Gasteiger partial charge < -0.3 is 19.5 Å². The second-order valence-electron chi connectivity index (χ2n) is 9.36. The van der Waals surface area contributed by atoms with E-state index in [1.165, 1.54) is 37.0 Å². The third kappa shape index (κ3) is 5.00. The molecule has 1 aliphatic carbocycles. The molecule has 0 bridgehead atoms. The lowest BCUT2D eigenvalue weighted by atomic mass is 9.85. The van der Waals surface area contributed by atoms with Gasteiger partial charge >= 0.3 is 0 Å². The van der Waals surface area contributed by atoms with Gasteiger partial charge in [-0.1, -0.05) is 17.8 Å². The fourth-order valence-corrected chi connectivity index (χ4v) is 5.57. The van der Waals surface area contributed by atoms with E-state index in [0.717, 1.165) is 53.2 Å². The average Bonchev–Trinajstić information content (AvgIpc) is 3.33. The van der Waals surface area contributed by atoms with Crippen molar-refractivity contribution in [3.8, 4) is 16.3 Å². The molecule has 1 aliphatic heterocycles. The summed E-state index contributed by atoms with van der Waals surface area (Å²) in [6.07, 6.45) is 11.8. The second-order valence-corrected chi connectivity index (χ2v) is 10.4. The lowest BCUT2D eigenvalue weighted by Crippen LogP contribution is -2.47. The van der Waals surface area contributed by atoms with Gasteiger partial charge in [-0.3, -0.25) is 9.78 Å². The first-order valence-corrected chi connectivity index (χ1v) is 13.0. The quantitative estimate of drug-likeness (QED) is 0.526. The molecule has 1 unspecified atom stereocenters. The normalized spacial score (nSPS) is 19.6. The molecule has 9 heteroatoms. The molecule has 0 radical (unpaired) electrons. The average molecular weight is 481 g/mol. The first kappa shape index (κ1) is 23.0. The molecule has 3 aromatic rings. The highest BCUT2D eigenvalue weighted by molar-refractivity contribution is 7.14. The summed E-state index contributed by atoms with van der Waals surface area (Å²) in [4.78, 5) is 19.6. The monoisotopic (exact) mass is 480 g/mol. The number of piperidine rings is 1. The fraction of sp³-hybridized carbons (Fsp3) is 0.520. The van der Waals surface area contributed by atoms with Gasteiger partial charge in [0.15, 0.2) is 0 Å². The minimum atomic E-state index is -0.204. The van der Waals surface area contributed by atoms with Gasteiger partial charge in [-0.05, 0) is 57.2 Å². The number of ether oxygens (including phenoxy) is 1. The summed E-state index contributed by atoms with van der Waals surface area (Å²) < 4.78 is 6.99. The maximum Gasteiger partial charge on any atom is 0.253 e. The Morgan fingerprint density at radius 3 is 2.85 bits per heavy atom. The van der Waals surface area contributed by atoms with E-state index in [0.29, 0.717) is 11.8 Å². The Balaban J connectivity index is 1.27. The minimum absolute atomic E-state index is 0.0191. The van der Waals surface area contributed by atoms with Crippen LogP contribution in [0.1, 0.15) is 50.1 Å². The summed E-state index contributed by atoms with van der Waals surface area (Å²) in [7, 11) is 1.61. The Hall–Kier alpha value is -2.78. The predicted molar refractivity (Wildman–Crippen MR) is 135 cm³/mol. The molecular formula is C25H32N6O2S. The molecule has 8 nitrogen and oxygen atoms in total. The SMILES string of the molecule is COc1cncc(-c2nnc(C(C)n3ccc(N4CCC[C@@H](NCC5CCC5)C4)cc3=O)s2)c1. The van der Waals surface area contributed by atoms with E-state index in [1.807, 2.05) is 19.2 Å². The zero-order chi connectivity index (χ0) is 23.5. The van der Waals surface area contributed by atoms with Crippen molar-refractivity contribution in [3.63, 3.8) is 0 Å². The van der Waals surface area contributed by atoms with Gasteiger partial charge in [0, 0.05) is 48.8 Å². The second kappa shape index (κ2) is 10.2. The summed E-state index contributed by atoms with van der Waals surface area (Å²) >= 11 is 1.47. The highest BCUT2D eigenvalue weighted by Crippen LogP contribution is 2.30. The van der Waals surface area contributed by atoms with E-state index in [4.69, 9.17) is 4.74 Å². The molecule has 5 rings (SSSR count). The van der Waals surface area contributed by atoms with Crippen molar-refractivity contribution < 1.29 is 4.74 Å². The number of aromatic nitrogens is 4. The molecule has 0 spiro atoms. The van der Waals surface area contributed by atoms with Gasteiger partial charge in [0.2, 0.25) is 0 Å². The van der Waals surface area contributed by atoms with E-state index in [2.05, 4.69) is 31.5 Å². The van der Waals surface area contributed by atoms with Crippen LogP contribution in [0.5, 0.6) is 5.75 Å². The standard InChI is InChI=1S/C25H32N6O2S/c1-17(24-28-29-25(34-24)19-11-22(33-2)15-26-14-19)31-10-8-21(12-23(31)32)30-9-4-7-20(16-30)27-13-18-5-3-6-18/h8,10-12,14-15,17-18,20,27H,3-7,9,13,16H2,1-2H3/t17?,20-/m1/s1.